The van der Waals surface area contributed by atoms with Crippen LogP contribution in [0.25, 0.3) is 0 Å². The highest BCUT2D eigenvalue weighted by Gasteiger charge is 2.39. The number of ether oxygens (including phenoxy) is 3. The van der Waals surface area contributed by atoms with Gasteiger partial charge < -0.3 is 14.2 Å². The number of halogens is 1. The van der Waals surface area contributed by atoms with Crippen molar-refractivity contribution in [3.8, 4) is 5.75 Å². The standard InChI is InChI=1S/C14H18BrNO3/c15-13-2-1-12(10-16-13)19-11-3-6-18-14(9-11)4-7-17-8-5-14/h1-2,10-11H,3-9H2. The maximum absolute atomic E-state index is 6.03. The molecule has 3 rings (SSSR count). The summed E-state index contributed by atoms with van der Waals surface area (Å²) >= 11 is 3.33. The van der Waals surface area contributed by atoms with Crippen LogP contribution in [0.5, 0.6) is 5.75 Å². The Morgan fingerprint density at radius 2 is 2.11 bits per heavy atom. The molecule has 1 unspecified atom stereocenters. The Labute approximate surface area is 121 Å². The predicted molar refractivity (Wildman–Crippen MR) is 74.3 cm³/mol. The highest BCUT2D eigenvalue weighted by atomic mass is 79.9. The molecule has 2 fully saturated rings. The Morgan fingerprint density at radius 1 is 1.26 bits per heavy atom. The molecule has 4 nitrogen and oxygen atoms in total. The van der Waals surface area contributed by atoms with Crippen LogP contribution in [0.2, 0.25) is 0 Å². The SMILES string of the molecule is Brc1ccc(OC2CCOC3(CCOCC3)C2)cn1. The molecule has 2 aliphatic heterocycles. The van der Waals surface area contributed by atoms with Gasteiger partial charge in [-0.25, -0.2) is 4.98 Å². The minimum atomic E-state index is -0.0239. The van der Waals surface area contributed by atoms with E-state index in [0.717, 1.165) is 55.9 Å². The largest absolute Gasteiger partial charge is 0.489 e. The summed E-state index contributed by atoms with van der Waals surface area (Å²) in [6, 6.07) is 3.85. The van der Waals surface area contributed by atoms with Gasteiger partial charge in [0, 0.05) is 26.1 Å². The van der Waals surface area contributed by atoms with Gasteiger partial charge in [0.05, 0.1) is 18.4 Å². The van der Waals surface area contributed by atoms with E-state index in [1.165, 1.54) is 0 Å². The molecule has 5 heteroatoms. The Bertz CT molecular complexity index is 412. The summed E-state index contributed by atoms with van der Waals surface area (Å²) in [7, 11) is 0. The van der Waals surface area contributed by atoms with E-state index in [0.29, 0.717) is 0 Å². The summed E-state index contributed by atoms with van der Waals surface area (Å²) in [6.45, 7) is 2.37. The molecular weight excluding hydrogens is 310 g/mol. The topological polar surface area (TPSA) is 40.6 Å². The van der Waals surface area contributed by atoms with Gasteiger partial charge in [0.1, 0.15) is 16.5 Å². The van der Waals surface area contributed by atoms with Crippen LogP contribution in [-0.2, 0) is 9.47 Å². The molecule has 19 heavy (non-hydrogen) atoms. The van der Waals surface area contributed by atoms with E-state index < -0.39 is 0 Å². The lowest BCUT2D eigenvalue weighted by Gasteiger charge is -2.43. The lowest BCUT2D eigenvalue weighted by Crippen LogP contribution is -2.47. The van der Waals surface area contributed by atoms with Gasteiger partial charge in [-0.1, -0.05) is 0 Å². The summed E-state index contributed by atoms with van der Waals surface area (Å²) in [5, 5.41) is 0. The molecule has 2 aliphatic rings. The third-order valence-electron chi connectivity index (χ3n) is 3.85. The zero-order valence-corrected chi connectivity index (χ0v) is 12.4. The van der Waals surface area contributed by atoms with Crippen LogP contribution >= 0.6 is 15.9 Å². The Kier molecular flexibility index (Phi) is 4.05. The van der Waals surface area contributed by atoms with Crippen molar-refractivity contribution in [3.63, 3.8) is 0 Å². The van der Waals surface area contributed by atoms with Gasteiger partial charge >= 0.3 is 0 Å². The fourth-order valence-corrected chi connectivity index (χ4v) is 3.03. The molecule has 1 aromatic heterocycles. The van der Waals surface area contributed by atoms with Crippen LogP contribution in [0.1, 0.15) is 25.7 Å². The van der Waals surface area contributed by atoms with E-state index in [2.05, 4.69) is 20.9 Å². The van der Waals surface area contributed by atoms with Crippen LogP contribution in [0, 0.1) is 0 Å². The van der Waals surface area contributed by atoms with E-state index in [1.807, 2.05) is 12.1 Å². The van der Waals surface area contributed by atoms with Gasteiger partial charge in [-0.2, -0.15) is 0 Å². The molecule has 0 radical (unpaired) electrons. The number of pyridine rings is 1. The second-order valence-electron chi connectivity index (χ2n) is 5.19. The summed E-state index contributed by atoms with van der Waals surface area (Å²) in [5.41, 5.74) is -0.0239. The average molecular weight is 328 g/mol. The average Bonchev–Trinajstić information content (AvgIpc) is 2.42. The zero-order chi connectivity index (χ0) is 13.1. The summed E-state index contributed by atoms with van der Waals surface area (Å²) < 4.78 is 18.3. The number of aromatic nitrogens is 1. The maximum Gasteiger partial charge on any atom is 0.138 e. The first-order chi connectivity index (χ1) is 9.26. The molecule has 3 heterocycles. The smallest absolute Gasteiger partial charge is 0.138 e. The fourth-order valence-electron chi connectivity index (χ4n) is 2.80. The van der Waals surface area contributed by atoms with Gasteiger partial charge in [-0.3, -0.25) is 0 Å². The first-order valence-corrected chi connectivity index (χ1v) is 7.55. The number of rotatable bonds is 2. The van der Waals surface area contributed by atoms with Crippen LogP contribution < -0.4 is 4.74 Å². The van der Waals surface area contributed by atoms with E-state index in [9.17, 15) is 0 Å². The van der Waals surface area contributed by atoms with E-state index in [1.54, 1.807) is 6.20 Å². The van der Waals surface area contributed by atoms with Crippen molar-refractivity contribution >= 4 is 15.9 Å². The lowest BCUT2D eigenvalue weighted by atomic mass is 9.85. The minimum absolute atomic E-state index is 0.0239. The molecule has 1 aromatic rings. The van der Waals surface area contributed by atoms with Crippen LogP contribution in [-0.4, -0.2) is 36.5 Å². The van der Waals surface area contributed by atoms with Crippen molar-refractivity contribution in [1.82, 2.24) is 4.98 Å². The van der Waals surface area contributed by atoms with Crippen LogP contribution in [0.4, 0.5) is 0 Å². The Hall–Kier alpha value is -0.650. The summed E-state index contributed by atoms with van der Waals surface area (Å²) in [4.78, 5) is 4.19. The molecule has 2 saturated heterocycles. The van der Waals surface area contributed by atoms with Gasteiger partial charge in [0.15, 0.2) is 0 Å². The van der Waals surface area contributed by atoms with Crippen molar-refractivity contribution in [2.75, 3.05) is 19.8 Å². The van der Waals surface area contributed by atoms with E-state index >= 15 is 0 Å². The van der Waals surface area contributed by atoms with Crippen molar-refractivity contribution in [3.05, 3.63) is 22.9 Å². The molecule has 0 amide bonds. The lowest BCUT2D eigenvalue weighted by molar-refractivity contribution is -0.155. The van der Waals surface area contributed by atoms with E-state index in [4.69, 9.17) is 14.2 Å². The molecular formula is C14H18BrNO3. The first-order valence-electron chi connectivity index (χ1n) is 6.76. The minimum Gasteiger partial charge on any atom is -0.489 e. The third kappa shape index (κ3) is 3.27. The first kappa shape index (κ1) is 13.3. The van der Waals surface area contributed by atoms with Crippen LogP contribution in [0.15, 0.2) is 22.9 Å². The zero-order valence-electron chi connectivity index (χ0n) is 10.8. The predicted octanol–water partition coefficient (Wildman–Crippen LogP) is 2.95. The molecule has 0 N–H and O–H groups in total. The monoisotopic (exact) mass is 327 g/mol. The molecule has 1 spiro atoms. The molecule has 0 aromatic carbocycles. The number of hydrogen-bond acceptors (Lipinski definition) is 4. The maximum atomic E-state index is 6.03. The highest BCUT2D eigenvalue weighted by molar-refractivity contribution is 9.10. The quantitative estimate of drug-likeness (QED) is 0.783. The Balaban J connectivity index is 1.63. The second kappa shape index (κ2) is 5.77. The second-order valence-corrected chi connectivity index (χ2v) is 6.01. The summed E-state index contributed by atoms with van der Waals surface area (Å²) in [5.74, 6) is 0.831. The molecule has 104 valence electrons. The fraction of sp³-hybridized carbons (Fsp3) is 0.643. The van der Waals surface area contributed by atoms with Crippen molar-refractivity contribution in [1.29, 1.82) is 0 Å². The van der Waals surface area contributed by atoms with Gasteiger partial charge in [0.2, 0.25) is 0 Å². The normalized spacial score (nSPS) is 26.3. The van der Waals surface area contributed by atoms with Gasteiger partial charge in [-0.05, 0) is 40.9 Å². The molecule has 0 saturated carbocycles. The molecule has 0 bridgehead atoms. The van der Waals surface area contributed by atoms with Crippen LogP contribution in [0.3, 0.4) is 0 Å². The van der Waals surface area contributed by atoms with Crippen molar-refractivity contribution in [2.45, 2.75) is 37.4 Å². The summed E-state index contributed by atoms with van der Waals surface area (Å²) in [6.07, 6.45) is 5.83. The van der Waals surface area contributed by atoms with Crippen molar-refractivity contribution < 1.29 is 14.2 Å². The van der Waals surface area contributed by atoms with Gasteiger partial charge in [0.25, 0.3) is 0 Å². The highest BCUT2D eigenvalue weighted by Crippen LogP contribution is 2.35. The van der Waals surface area contributed by atoms with E-state index in [-0.39, 0.29) is 11.7 Å². The third-order valence-corrected chi connectivity index (χ3v) is 4.32. The van der Waals surface area contributed by atoms with Crippen molar-refractivity contribution in [2.24, 2.45) is 0 Å². The number of nitrogens with zero attached hydrogens (tertiary/aromatic N) is 1. The Morgan fingerprint density at radius 3 is 2.84 bits per heavy atom. The van der Waals surface area contributed by atoms with Gasteiger partial charge in [-0.15, -0.1) is 0 Å². The molecule has 1 atom stereocenters. The number of hydrogen-bond donors (Lipinski definition) is 0. The molecule has 0 aliphatic carbocycles.